The predicted molar refractivity (Wildman–Crippen MR) is 104 cm³/mol. The third kappa shape index (κ3) is 2.38. The Labute approximate surface area is 159 Å². The zero-order chi connectivity index (χ0) is 19.4. The number of phenolic OH excluding ortho intramolecular Hbond substituents is 2. The molecule has 0 fully saturated rings. The molecule has 0 saturated heterocycles. The predicted octanol–water partition coefficient (Wildman–Crippen LogP) is 3.16. The Morgan fingerprint density at radius 1 is 0.964 bits per heavy atom. The van der Waals surface area contributed by atoms with Crippen LogP contribution in [0.3, 0.4) is 0 Å². The van der Waals surface area contributed by atoms with Crippen LogP contribution in [0.25, 0.3) is 33.8 Å². The topological polar surface area (TPSA) is 101 Å². The lowest BCUT2D eigenvalue weighted by Crippen LogP contribution is -2.01. The molecule has 3 aromatic heterocycles. The largest absolute Gasteiger partial charge is 0.508 e. The van der Waals surface area contributed by atoms with Gasteiger partial charge < -0.3 is 10.2 Å². The van der Waals surface area contributed by atoms with Gasteiger partial charge in [0.25, 0.3) is 0 Å². The van der Waals surface area contributed by atoms with Gasteiger partial charge in [0, 0.05) is 6.07 Å². The molecule has 0 unspecified atom stereocenters. The summed E-state index contributed by atoms with van der Waals surface area (Å²) >= 11 is 0. The highest BCUT2D eigenvalue weighted by Crippen LogP contribution is 2.31. The van der Waals surface area contributed by atoms with Crippen LogP contribution < -0.4 is 0 Å². The van der Waals surface area contributed by atoms with Gasteiger partial charge in [0.15, 0.2) is 17.1 Å². The van der Waals surface area contributed by atoms with Crippen LogP contribution in [0.1, 0.15) is 11.1 Å². The van der Waals surface area contributed by atoms with Gasteiger partial charge in [-0.05, 0) is 37.6 Å². The van der Waals surface area contributed by atoms with Crippen molar-refractivity contribution in [1.29, 1.82) is 0 Å². The molecule has 5 aromatic rings. The fourth-order valence-corrected chi connectivity index (χ4v) is 3.36. The van der Waals surface area contributed by atoms with Crippen LogP contribution in [0, 0.1) is 13.8 Å². The second-order valence-electron chi connectivity index (χ2n) is 6.73. The number of hydrogen-bond acceptors (Lipinski definition) is 6. The van der Waals surface area contributed by atoms with Crippen molar-refractivity contribution in [2.24, 2.45) is 0 Å². The molecule has 3 heterocycles. The van der Waals surface area contributed by atoms with Crippen molar-refractivity contribution in [2.45, 2.75) is 13.8 Å². The lowest BCUT2D eigenvalue weighted by Gasteiger charge is -2.07. The molecule has 0 radical (unpaired) electrons. The number of rotatable bonds is 2. The van der Waals surface area contributed by atoms with E-state index >= 15 is 0 Å². The van der Waals surface area contributed by atoms with E-state index in [1.165, 1.54) is 17.7 Å². The third-order valence-electron chi connectivity index (χ3n) is 4.71. The van der Waals surface area contributed by atoms with Gasteiger partial charge >= 0.3 is 0 Å². The van der Waals surface area contributed by atoms with Crippen molar-refractivity contribution >= 4 is 16.7 Å². The smallest absolute Gasteiger partial charge is 0.185 e. The monoisotopic (exact) mass is 372 g/mol. The molecule has 28 heavy (non-hydrogen) atoms. The summed E-state index contributed by atoms with van der Waals surface area (Å²) in [4.78, 5) is 9.07. The molecule has 0 aliphatic carbocycles. The lowest BCUT2D eigenvalue weighted by molar-refractivity contribution is 0.451. The molecular formula is C20H16N6O2. The van der Waals surface area contributed by atoms with Gasteiger partial charge in [-0.3, -0.25) is 0 Å². The number of benzene rings is 2. The number of phenols is 2. The molecule has 8 nitrogen and oxygen atoms in total. The van der Waals surface area contributed by atoms with Crippen LogP contribution in [0.5, 0.6) is 11.5 Å². The number of fused-ring (bicyclic) bond motifs is 3. The highest BCUT2D eigenvalue weighted by atomic mass is 16.3. The fraction of sp³-hybridized carbons (Fsp3) is 0.100. The van der Waals surface area contributed by atoms with Crippen molar-refractivity contribution in [1.82, 2.24) is 29.4 Å². The Balaban J connectivity index is 1.71. The van der Waals surface area contributed by atoms with E-state index in [1.54, 1.807) is 27.8 Å². The van der Waals surface area contributed by atoms with Gasteiger partial charge in [0.1, 0.15) is 17.8 Å². The molecule has 0 atom stereocenters. The van der Waals surface area contributed by atoms with E-state index < -0.39 is 0 Å². The maximum absolute atomic E-state index is 10.1. The first-order chi connectivity index (χ1) is 13.5. The summed E-state index contributed by atoms with van der Waals surface area (Å²) < 4.78 is 3.34. The third-order valence-corrected chi connectivity index (χ3v) is 4.71. The van der Waals surface area contributed by atoms with E-state index in [1.807, 2.05) is 19.1 Å². The van der Waals surface area contributed by atoms with Crippen molar-refractivity contribution in [3.8, 4) is 28.6 Å². The van der Waals surface area contributed by atoms with Gasteiger partial charge in [-0.15, -0.1) is 5.10 Å². The minimum atomic E-state index is -0.0916. The van der Waals surface area contributed by atoms with Crippen LogP contribution >= 0.6 is 0 Å². The average Bonchev–Trinajstić information content (AvgIpc) is 3.25. The molecule has 0 aliphatic heterocycles. The Hall–Kier alpha value is -3.94. The first-order valence-corrected chi connectivity index (χ1v) is 8.70. The summed E-state index contributed by atoms with van der Waals surface area (Å²) in [5.74, 6) is 0.223. The molecule has 0 amide bonds. The number of nitrogens with zero attached hydrogens (tertiary/aromatic N) is 6. The zero-order valence-electron chi connectivity index (χ0n) is 15.2. The number of hydrogen-bond donors (Lipinski definition) is 2. The Morgan fingerprint density at radius 3 is 2.61 bits per heavy atom. The minimum Gasteiger partial charge on any atom is -0.508 e. The lowest BCUT2D eigenvalue weighted by atomic mass is 10.1. The van der Waals surface area contributed by atoms with E-state index in [2.05, 4.69) is 33.2 Å². The molecule has 0 aliphatic rings. The molecule has 0 saturated carbocycles. The highest BCUT2D eigenvalue weighted by Gasteiger charge is 2.17. The van der Waals surface area contributed by atoms with Crippen LogP contribution in [0.15, 0.2) is 48.9 Å². The second-order valence-corrected chi connectivity index (χ2v) is 6.73. The SMILES string of the molecule is Cc1ccc(-n2ncc3c2ncn2nc(-c4ccc(O)cc4O)nc32)c(C)c1. The van der Waals surface area contributed by atoms with E-state index in [9.17, 15) is 10.2 Å². The molecule has 0 spiro atoms. The van der Waals surface area contributed by atoms with Gasteiger partial charge in [-0.2, -0.15) is 5.10 Å². The summed E-state index contributed by atoms with van der Waals surface area (Å²) in [7, 11) is 0. The summed E-state index contributed by atoms with van der Waals surface area (Å²) in [5.41, 5.74) is 4.92. The van der Waals surface area contributed by atoms with E-state index in [-0.39, 0.29) is 11.5 Å². The van der Waals surface area contributed by atoms with Crippen LogP contribution in [0.4, 0.5) is 0 Å². The normalized spacial score (nSPS) is 11.5. The second kappa shape index (κ2) is 5.78. The molecule has 5 rings (SSSR count). The van der Waals surface area contributed by atoms with Gasteiger partial charge in [-0.25, -0.2) is 19.2 Å². The van der Waals surface area contributed by atoms with Crippen LogP contribution in [-0.4, -0.2) is 39.6 Å². The quantitative estimate of drug-likeness (QED) is 0.494. The molecular weight excluding hydrogens is 356 g/mol. The van der Waals surface area contributed by atoms with Gasteiger partial charge in [0.05, 0.1) is 22.8 Å². The Morgan fingerprint density at radius 2 is 1.82 bits per heavy atom. The van der Waals surface area contributed by atoms with E-state index in [0.717, 1.165) is 16.6 Å². The van der Waals surface area contributed by atoms with Crippen molar-refractivity contribution in [2.75, 3.05) is 0 Å². The summed E-state index contributed by atoms with van der Waals surface area (Å²) in [5, 5.41) is 29.3. The average molecular weight is 372 g/mol. The van der Waals surface area contributed by atoms with Crippen LogP contribution in [0.2, 0.25) is 0 Å². The van der Waals surface area contributed by atoms with Gasteiger partial charge in [-0.1, -0.05) is 17.7 Å². The summed E-state index contributed by atoms with van der Waals surface area (Å²) in [6, 6.07) is 10.5. The maximum atomic E-state index is 10.1. The van der Waals surface area contributed by atoms with Crippen molar-refractivity contribution in [3.05, 3.63) is 60.0 Å². The minimum absolute atomic E-state index is 0.0242. The molecule has 2 aromatic carbocycles. The Bertz CT molecular complexity index is 1370. The van der Waals surface area contributed by atoms with Crippen LogP contribution in [-0.2, 0) is 0 Å². The van der Waals surface area contributed by atoms with Crippen molar-refractivity contribution < 1.29 is 10.2 Å². The molecule has 8 heteroatoms. The Kier molecular flexibility index (Phi) is 3.35. The molecule has 138 valence electrons. The first kappa shape index (κ1) is 16.2. The fourth-order valence-electron chi connectivity index (χ4n) is 3.36. The summed E-state index contributed by atoms with van der Waals surface area (Å²) in [6.07, 6.45) is 3.29. The number of aromatic nitrogens is 6. The number of aryl methyl sites for hydroxylation is 2. The maximum Gasteiger partial charge on any atom is 0.185 e. The van der Waals surface area contributed by atoms with Gasteiger partial charge in [0.2, 0.25) is 0 Å². The highest BCUT2D eigenvalue weighted by molar-refractivity contribution is 5.90. The van der Waals surface area contributed by atoms with E-state index in [4.69, 9.17) is 0 Å². The standard InChI is InChI=1S/C20H16N6O2/c1-11-3-6-16(12(2)7-11)26-19-15(9-22-26)20-23-18(24-25(20)10-21-19)14-5-4-13(27)8-17(14)28/h3-10,27-28H,1-2H3. The van der Waals surface area contributed by atoms with Crippen molar-refractivity contribution in [3.63, 3.8) is 0 Å². The molecule has 2 N–H and O–H groups in total. The first-order valence-electron chi connectivity index (χ1n) is 8.70. The molecule has 0 bridgehead atoms. The number of aromatic hydroxyl groups is 2. The zero-order valence-corrected chi connectivity index (χ0v) is 15.2. The summed E-state index contributed by atoms with van der Waals surface area (Å²) in [6.45, 7) is 4.09. The van der Waals surface area contributed by atoms with E-state index in [0.29, 0.717) is 22.7 Å².